The van der Waals surface area contributed by atoms with Gasteiger partial charge in [0.15, 0.2) is 5.82 Å². The molecule has 6 rings (SSSR count). The highest BCUT2D eigenvalue weighted by Gasteiger charge is 2.64. The zero-order valence-corrected chi connectivity index (χ0v) is 23.9. The Morgan fingerprint density at radius 2 is 1.98 bits per heavy atom. The number of hydrogen-bond donors (Lipinski definition) is 1. The lowest BCUT2D eigenvalue weighted by Crippen LogP contribution is -2.61. The van der Waals surface area contributed by atoms with Gasteiger partial charge in [0.25, 0.3) is 5.56 Å². The van der Waals surface area contributed by atoms with Crippen LogP contribution in [0, 0.1) is 36.8 Å². The molecule has 2 aliphatic rings. The number of nitrogens with one attached hydrogen (secondary N) is 1. The molecule has 0 aromatic carbocycles. The molecule has 3 unspecified atom stereocenters. The fraction of sp³-hybridized carbons (Fsp3) is 0.333. The molecular formula is C30H27ClF2N6O3. The van der Waals surface area contributed by atoms with E-state index in [1.807, 2.05) is 6.92 Å². The maximum absolute atomic E-state index is 14.0. The summed E-state index contributed by atoms with van der Waals surface area (Å²) in [5, 5.41) is 2.60. The van der Waals surface area contributed by atoms with E-state index in [2.05, 4.69) is 20.3 Å². The summed E-state index contributed by atoms with van der Waals surface area (Å²) in [6.07, 6.45) is 6.81. The zero-order valence-electron chi connectivity index (χ0n) is 23.1. The van der Waals surface area contributed by atoms with Crippen LogP contribution in [0.3, 0.4) is 0 Å². The number of carbonyl (C=O) groups is 1. The molecule has 0 radical (unpaired) electrons. The summed E-state index contributed by atoms with van der Waals surface area (Å²) in [6, 6.07) is 5.81. The van der Waals surface area contributed by atoms with Gasteiger partial charge in [-0.15, -0.1) is 0 Å². The first-order valence-corrected chi connectivity index (χ1v) is 13.9. The van der Waals surface area contributed by atoms with E-state index in [9.17, 15) is 18.4 Å². The third-order valence-electron chi connectivity index (χ3n) is 8.49. The molecule has 2 aliphatic carbocycles. The van der Waals surface area contributed by atoms with E-state index in [0.29, 0.717) is 34.7 Å². The third kappa shape index (κ3) is 4.52. The van der Waals surface area contributed by atoms with E-state index in [1.165, 1.54) is 4.57 Å². The molecule has 1 N–H and O–H groups in total. The van der Waals surface area contributed by atoms with Crippen LogP contribution in [-0.2, 0) is 11.4 Å². The van der Waals surface area contributed by atoms with Gasteiger partial charge in [-0.05, 0) is 56.7 Å². The van der Waals surface area contributed by atoms with Gasteiger partial charge in [-0.2, -0.15) is 0 Å². The lowest BCUT2D eigenvalue weighted by Gasteiger charge is -2.61. The summed E-state index contributed by atoms with van der Waals surface area (Å²) in [5.41, 5.74) is 1.99. The monoisotopic (exact) mass is 592 g/mol. The Morgan fingerprint density at radius 1 is 1.17 bits per heavy atom. The first-order valence-electron chi connectivity index (χ1n) is 13.5. The largest absolute Gasteiger partial charge is 0.485 e. The van der Waals surface area contributed by atoms with Crippen molar-refractivity contribution in [3.05, 3.63) is 92.6 Å². The van der Waals surface area contributed by atoms with Gasteiger partial charge >= 0.3 is 0 Å². The van der Waals surface area contributed by atoms with Gasteiger partial charge in [-0.3, -0.25) is 24.1 Å². The minimum Gasteiger partial charge on any atom is -0.485 e. The fourth-order valence-corrected chi connectivity index (χ4v) is 6.33. The molecule has 2 fully saturated rings. The first-order chi connectivity index (χ1) is 20.1. The molecule has 216 valence electrons. The van der Waals surface area contributed by atoms with E-state index < -0.39 is 17.2 Å². The molecule has 0 saturated heterocycles. The number of nitrogens with zero attached hydrogens (tertiary/aromatic N) is 5. The summed E-state index contributed by atoms with van der Waals surface area (Å²) in [6.45, 7) is 3.21. The number of amides is 1. The predicted molar refractivity (Wildman–Crippen MR) is 150 cm³/mol. The van der Waals surface area contributed by atoms with E-state index in [4.69, 9.17) is 21.3 Å². The second kappa shape index (κ2) is 10.5. The van der Waals surface area contributed by atoms with Gasteiger partial charge in [0, 0.05) is 43.2 Å². The Kier molecular flexibility index (Phi) is 7.00. The Morgan fingerprint density at radius 3 is 2.67 bits per heavy atom. The van der Waals surface area contributed by atoms with Crippen molar-refractivity contribution in [3.63, 3.8) is 0 Å². The summed E-state index contributed by atoms with van der Waals surface area (Å²) in [5.74, 6) is -0.499. The molecule has 0 spiro atoms. The van der Waals surface area contributed by atoms with E-state index in [0.717, 1.165) is 31.0 Å². The number of pyridine rings is 3. The van der Waals surface area contributed by atoms with Gasteiger partial charge in [-0.1, -0.05) is 11.6 Å². The molecule has 12 heteroatoms. The normalized spacial score (nSPS) is 20.7. The summed E-state index contributed by atoms with van der Waals surface area (Å²) >= 11 is 6.42. The highest BCUT2D eigenvalue weighted by molar-refractivity contribution is 6.31. The second-order valence-electron chi connectivity index (χ2n) is 10.8. The molecule has 9 nitrogen and oxygen atoms in total. The second-order valence-corrected chi connectivity index (χ2v) is 11.2. The number of aromatic nitrogens is 5. The number of carbonyl (C=O) groups excluding carboxylic acids is 1. The van der Waals surface area contributed by atoms with Crippen LogP contribution in [0.25, 0.3) is 17.1 Å². The van der Waals surface area contributed by atoms with Crippen molar-refractivity contribution >= 4 is 17.5 Å². The van der Waals surface area contributed by atoms with Crippen LogP contribution in [0.4, 0.5) is 8.78 Å². The molecule has 4 aromatic heterocycles. The van der Waals surface area contributed by atoms with Crippen molar-refractivity contribution in [1.82, 2.24) is 29.8 Å². The van der Waals surface area contributed by atoms with Gasteiger partial charge in [0.1, 0.15) is 34.7 Å². The molecule has 2 saturated carbocycles. The van der Waals surface area contributed by atoms with E-state index in [-0.39, 0.29) is 46.2 Å². The van der Waals surface area contributed by atoms with E-state index >= 15 is 0 Å². The van der Waals surface area contributed by atoms with Crippen molar-refractivity contribution in [3.8, 4) is 22.8 Å². The minimum atomic E-state index is -0.861. The van der Waals surface area contributed by atoms with Gasteiger partial charge in [0.2, 0.25) is 5.91 Å². The standard InChI is InChI=1S/C30H27ClF2N6O3/c1-15-12-36-22(21-5-7-35-27(38-21)18-11-30(29(41)34-3)6-4-19(18)30)10-24(15)39-16(2)8-25(26(31)28(39)40)42-14-23-20(33)9-17(32)13-37-23/h5,7-10,12-13,18-19H,4,6,11,14H2,1-3H3,(H,34,41). The number of hydrogen-bond acceptors (Lipinski definition) is 7. The van der Waals surface area contributed by atoms with Crippen molar-refractivity contribution in [2.75, 3.05) is 7.05 Å². The number of ether oxygens (including phenoxy) is 1. The molecule has 4 heterocycles. The zero-order chi connectivity index (χ0) is 29.8. The number of aryl methyl sites for hydroxylation is 2. The topological polar surface area (TPSA) is 112 Å². The van der Waals surface area contributed by atoms with Crippen LogP contribution in [-0.4, -0.2) is 37.5 Å². The van der Waals surface area contributed by atoms with Crippen LogP contribution < -0.4 is 15.6 Å². The molecule has 42 heavy (non-hydrogen) atoms. The molecule has 0 aliphatic heterocycles. The summed E-state index contributed by atoms with van der Waals surface area (Å²) < 4.78 is 34.2. The summed E-state index contributed by atoms with van der Waals surface area (Å²) in [7, 11) is 1.67. The maximum atomic E-state index is 14.0. The van der Waals surface area contributed by atoms with Gasteiger partial charge in [0.05, 0.1) is 28.7 Å². The smallest absolute Gasteiger partial charge is 0.277 e. The number of halogens is 3. The first kappa shape index (κ1) is 27.9. The minimum absolute atomic E-state index is 0.0534. The molecule has 3 atom stereocenters. The Hall–Kier alpha value is -4.25. The van der Waals surface area contributed by atoms with Crippen molar-refractivity contribution in [2.24, 2.45) is 11.3 Å². The third-order valence-corrected chi connectivity index (χ3v) is 8.84. The molecule has 0 bridgehead atoms. The van der Waals surface area contributed by atoms with Crippen LogP contribution >= 0.6 is 11.6 Å². The van der Waals surface area contributed by atoms with Gasteiger partial charge < -0.3 is 10.1 Å². The average Bonchev–Trinajstić information content (AvgIpc) is 2.97. The highest BCUT2D eigenvalue weighted by atomic mass is 35.5. The van der Waals surface area contributed by atoms with Crippen molar-refractivity contribution < 1.29 is 18.3 Å². The van der Waals surface area contributed by atoms with Crippen LogP contribution in [0.5, 0.6) is 5.75 Å². The molecular weight excluding hydrogens is 566 g/mol. The lowest BCUT2D eigenvalue weighted by molar-refractivity contribution is -0.162. The number of fused-ring (bicyclic) bond motifs is 1. The van der Waals surface area contributed by atoms with Crippen LogP contribution in [0.2, 0.25) is 5.02 Å². The Labute approximate surface area is 245 Å². The number of rotatable bonds is 7. The SMILES string of the molecule is CNC(=O)C12CCC1C(c1nccc(-c3cc(-n4c(C)cc(OCc5ncc(F)cc5F)c(Cl)c4=O)c(C)cn3)n1)C2. The highest BCUT2D eigenvalue weighted by Crippen LogP contribution is 2.67. The lowest BCUT2D eigenvalue weighted by atomic mass is 9.42. The quantitative estimate of drug-likeness (QED) is 0.327. The summed E-state index contributed by atoms with van der Waals surface area (Å²) in [4.78, 5) is 43.5. The van der Waals surface area contributed by atoms with Crippen molar-refractivity contribution in [1.29, 1.82) is 0 Å². The average molecular weight is 593 g/mol. The Balaban J connectivity index is 1.28. The maximum Gasteiger partial charge on any atom is 0.277 e. The Bertz CT molecular complexity index is 1800. The fourth-order valence-electron chi connectivity index (χ4n) is 6.14. The van der Waals surface area contributed by atoms with Crippen LogP contribution in [0.15, 0.2) is 47.7 Å². The van der Waals surface area contributed by atoms with Crippen LogP contribution in [0.1, 0.15) is 48.0 Å². The molecule has 4 aromatic rings. The van der Waals surface area contributed by atoms with E-state index in [1.54, 1.807) is 44.6 Å². The van der Waals surface area contributed by atoms with Crippen molar-refractivity contribution in [2.45, 2.75) is 45.6 Å². The molecule has 1 amide bonds. The predicted octanol–water partition coefficient (Wildman–Crippen LogP) is 4.84. The van der Waals surface area contributed by atoms with Gasteiger partial charge in [-0.25, -0.2) is 18.7 Å².